The van der Waals surface area contributed by atoms with E-state index in [0.29, 0.717) is 48.0 Å². The fourth-order valence-corrected chi connectivity index (χ4v) is 7.40. The minimum Gasteiger partial charge on any atom is -0.490 e. The molecule has 1 amide bonds. The predicted molar refractivity (Wildman–Crippen MR) is 172 cm³/mol. The van der Waals surface area contributed by atoms with Crippen LogP contribution in [0.25, 0.3) is 26.8 Å². The van der Waals surface area contributed by atoms with Gasteiger partial charge in [0.05, 0.1) is 24.0 Å². The van der Waals surface area contributed by atoms with E-state index in [1.165, 1.54) is 37.3 Å². The van der Waals surface area contributed by atoms with Gasteiger partial charge in [-0.1, -0.05) is 6.58 Å². The van der Waals surface area contributed by atoms with Gasteiger partial charge in [0.2, 0.25) is 5.91 Å². The number of hydrogen-bond donors (Lipinski definition) is 2. The molecule has 1 spiro atoms. The first-order valence-corrected chi connectivity index (χ1v) is 15.7. The lowest BCUT2D eigenvalue weighted by molar-refractivity contribution is -0.130. The van der Waals surface area contributed by atoms with Gasteiger partial charge >= 0.3 is 0 Å². The highest BCUT2D eigenvalue weighted by atomic mass is 32.1. The van der Waals surface area contributed by atoms with Crippen molar-refractivity contribution in [2.24, 2.45) is 16.1 Å². The number of rotatable bonds is 10. The van der Waals surface area contributed by atoms with Crippen LogP contribution in [0.5, 0.6) is 5.75 Å². The van der Waals surface area contributed by atoms with Crippen molar-refractivity contribution >= 4 is 39.1 Å². The number of thiophene rings is 1. The van der Waals surface area contributed by atoms with E-state index in [0.717, 1.165) is 52.8 Å². The number of likely N-dealkylation sites (tertiary alicyclic amines) is 1. The van der Waals surface area contributed by atoms with Crippen molar-refractivity contribution < 1.29 is 20.1 Å². The molecule has 10 heteroatoms. The Hall–Kier alpha value is -3.60. The third-order valence-corrected chi connectivity index (χ3v) is 9.99. The highest BCUT2D eigenvalue weighted by Crippen LogP contribution is 2.49. The van der Waals surface area contributed by atoms with Crippen LogP contribution >= 0.6 is 11.3 Å². The molecule has 2 aromatic heterocycles. The zero-order chi connectivity index (χ0) is 30.0. The van der Waals surface area contributed by atoms with E-state index in [9.17, 15) is 9.18 Å². The monoisotopic (exact) mass is 605 g/mol. The first-order chi connectivity index (χ1) is 20.9. The molecule has 8 nitrogen and oxygen atoms in total. The van der Waals surface area contributed by atoms with Crippen LogP contribution in [0, 0.1) is 11.2 Å². The number of fused-ring (bicyclic) bond motifs is 1. The van der Waals surface area contributed by atoms with E-state index in [2.05, 4.69) is 23.3 Å². The van der Waals surface area contributed by atoms with Gasteiger partial charge in [-0.3, -0.25) is 14.8 Å². The van der Waals surface area contributed by atoms with Crippen LogP contribution in [0.15, 0.2) is 53.5 Å². The molecule has 4 heterocycles. The van der Waals surface area contributed by atoms with Gasteiger partial charge in [-0.2, -0.15) is 0 Å². The number of methoxy groups -OCH3 is 1. The van der Waals surface area contributed by atoms with E-state index in [1.807, 2.05) is 0 Å². The van der Waals surface area contributed by atoms with Crippen LogP contribution in [-0.2, 0) is 9.53 Å². The maximum absolute atomic E-state index is 14.5. The number of benzene rings is 1. The molecule has 228 valence electrons. The summed E-state index contributed by atoms with van der Waals surface area (Å²) in [7, 11) is 1.60. The summed E-state index contributed by atoms with van der Waals surface area (Å²) in [6, 6.07) is 6.73. The number of allylic oxidation sites excluding steroid dienone is 1. The molecule has 0 atom stereocenters. The first kappa shape index (κ1) is 29.5. The Kier molecular flexibility index (Phi) is 8.61. The number of aromatic nitrogens is 1. The molecule has 0 bridgehead atoms. The summed E-state index contributed by atoms with van der Waals surface area (Å²) < 4.78 is 26.8. The molecule has 3 aliphatic rings. The smallest absolute Gasteiger partial charge is 0.246 e. The molecule has 3 aromatic rings. The average Bonchev–Trinajstić information content (AvgIpc) is 3.47. The maximum Gasteiger partial charge on any atom is 0.246 e. The first-order valence-electron chi connectivity index (χ1n) is 14.9. The van der Waals surface area contributed by atoms with Crippen molar-refractivity contribution in [2.75, 3.05) is 46.5 Å². The van der Waals surface area contributed by atoms with Gasteiger partial charge in [0.1, 0.15) is 18.2 Å². The number of carbonyl (C=O) groups excluding carboxylic acids is 1. The molecular formula is C33H40FN5O3S. The summed E-state index contributed by atoms with van der Waals surface area (Å²) in [5.74, 6) is 0.279. The minimum atomic E-state index is -0.383. The zero-order valence-corrected chi connectivity index (χ0v) is 25.3. The van der Waals surface area contributed by atoms with Crippen molar-refractivity contribution in [3.05, 3.63) is 65.7 Å². The topological polar surface area (TPSA) is 102 Å². The molecule has 43 heavy (non-hydrogen) atoms. The molecule has 2 saturated heterocycles. The van der Waals surface area contributed by atoms with Crippen LogP contribution in [0.1, 0.15) is 44.4 Å². The number of amides is 1. The molecule has 1 saturated carbocycles. The Morgan fingerprint density at radius 1 is 1.30 bits per heavy atom. The standard InChI is InChI=1S/C33H38FN5O3S.H2/c1-3-28(40)39-17-24(18-39)37-16-22(15-35)31-29(25-5-4-23(34)14-27(25)42-12-11-41-2)32-26(8-13-43-32)30(38-31)21-6-9-33(10-7-21)19-36-20-33;/h3-5,8,13-16,21,24,36H,1,6-7,9-12,17-20,35H2,2H3;1H/b22-15+,37-16?;. The summed E-state index contributed by atoms with van der Waals surface area (Å²) >= 11 is 1.64. The molecule has 1 aromatic carbocycles. The molecule has 0 radical (unpaired) electrons. The number of ether oxygens (including phenoxy) is 2. The van der Waals surface area contributed by atoms with E-state index >= 15 is 0 Å². The summed E-state index contributed by atoms with van der Waals surface area (Å²) in [5, 5.41) is 6.67. The average molecular weight is 606 g/mol. The lowest BCUT2D eigenvalue weighted by Gasteiger charge is -2.47. The van der Waals surface area contributed by atoms with Crippen molar-refractivity contribution in [3.63, 3.8) is 0 Å². The minimum absolute atomic E-state index is 0. The van der Waals surface area contributed by atoms with Crippen LogP contribution in [0.4, 0.5) is 4.39 Å². The second-order valence-corrected chi connectivity index (χ2v) is 12.7. The summed E-state index contributed by atoms with van der Waals surface area (Å²) in [6.45, 7) is 7.50. The predicted octanol–water partition coefficient (Wildman–Crippen LogP) is 5.39. The molecule has 1 aliphatic carbocycles. The fraction of sp³-hybridized carbons (Fsp3) is 0.424. The zero-order valence-electron chi connectivity index (χ0n) is 24.5. The molecule has 2 aliphatic heterocycles. The van der Waals surface area contributed by atoms with E-state index in [4.69, 9.17) is 25.2 Å². The summed E-state index contributed by atoms with van der Waals surface area (Å²) in [6.07, 6.45) is 9.18. The van der Waals surface area contributed by atoms with Gasteiger partial charge in [-0.05, 0) is 60.8 Å². The summed E-state index contributed by atoms with van der Waals surface area (Å²) in [5.41, 5.74) is 10.8. The van der Waals surface area contributed by atoms with Crippen molar-refractivity contribution in [1.82, 2.24) is 15.2 Å². The van der Waals surface area contributed by atoms with Crippen LogP contribution < -0.4 is 15.8 Å². The molecular weight excluding hydrogens is 565 g/mol. The Morgan fingerprint density at radius 3 is 2.77 bits per heavy atom. The number of nitrogens with zero attached hydrogens (tertiary/aromatic N) is 3. The highest BCUT2D eigenvalue weighted by molar-refractivity contribution is 7.17. The number of nitrogens with one attached hydrogen (secondary N) is 1. The van der Waals surface area contributed by atoms with Crippen LogP contribution in [0.2, 0.25) is 0 Å². The van der Waals surface area contributed by atoms with Gasteiger partial charge in [-0.25, -0.2) is 4.39 Å². The Balaban J connectivity index is 0.00000384. The Morgan fingerprint density at radius 2 is 2.09 bits per heavy atom. The lowest BCUT2D eigenvalue weighted by atomic mass is 9.66. The molecule has 3 fully saturated rings. The number of hydrogen-bond acceptors (Lipinski definition) is 8. The number of halogens is 1. The van der Waals surface area contributed by atoms with Gasteiger partial charge < -0.3 is 25.4 Å². The molecule has 6 rings (SSSR count). The number of aliphatic imine (C=N–C) groups is 1. The van der Waals surface area contributed by atoms with Gasteiger partial charge in [-0.15, -0.1) is 11.3 Å². The number of carbonyl (C=O) groups is 1. The number of pyridine rings is 1. The largest absolute Gasteiger partial charge is 0.490 e. The van der Waals surface area contributed by atoms with Crippen molar-refractivity contribution in [3.8, 4) is 16.9 Å². The van der Waals surface area contributed by atoms with Crippen LogP contribution in [0.3, 0.4) is 0 Å². The van der Waals surface area contributed by atoms with E-state index < -0.39 is 0 Å². The third-order valence-electron chi connectivity index (χ3n) is 9.05. The molecule has 3 N–H and O–H groups in total. The van der Waals surface area contributed by atoms with Gasteiger partial charge in [0, 0.05) is 85.9 Å². The van der Waals surface area contributed by atoms with Crippen LogP contribution in [-0.4, -0.2) is 74.6 Å². The Labute approximate surface area is 257 Å². The second kappa shape index (κ2) is 12.6. The third kappa shape index (κ3) is 5.83. The van der Waals surface area contributed by atoms with Crippen molar-refractivity contribution in [2.45, 2.75) is 37.6 Å². The SMILES string of the molecule is C=CC(=O)N1CC(N=C/C(=C\N)c2nc(C3CCC4(CC3)CNC4)c3ccsc3c2-c2ccc(F)cc2OCCOC)C1.[HH]. The second-order valence-electron chi connectivity index (χ2n) is 11.7. The van der Waals surface area contributed by atoms with Gasteiger partial charge in [0.15, 0.2) is 0 Å². The molecule has 0 unspecified atom stereocenters. The van der Waals surface area contributed by atoms with E-state index in [-0.39, 0.29) is 25.8 Å². The quantitative estimate of drug-likeness (QED) is 0.183. The highest BCUT2D eigenvalue weighted by Gasteiger charge is 2.41. The normalized spacial score (nSPS) is 19.1. The van der Waals surface area contributed by atoms with E-state index in [1.54, 1.807) is 35.6 Å². The lowest BCUT2D eigenvalue weighted by Crippen LogP contribution is -2.54. The fourth-order valence-electron chi connectivity index (χ4n) is 6.44. The summed E-state index contributed by atoms with van der Waals surface area (Å²) in [4.78, 5) is 23.8. The van der Waals surface area contributed by atoms with Crippen molar-refractivity contribution in [1.29, 1.82) is 0 Å². The Bertz CT molecular complexity index is 1570. The maximum atomic E-state index is 14.5. The van der Waals surface area contributed by atoms with Gasteiger partial charge in [0.25, 0.3) is 0 Å². The number of nitrogens with two attached hydrogens (primary N) is 1.